The molecule has 1 aromatic carbocycles. The van der Waals surface area contributed by atoms with Gasteiger partial charge in [0.15, 0.2) is 0 Å². The van der Waals surface area contributed by atoms with E-state index in [1.54, 1.807) is 19.1 Å². The molecule has 0 unspecified atom stereocenters. The van der Waals surface area contributed by atoms with Crippen molar-refractivity contribution in [1.29, 1.82) is 0 Å². The number of nitro groups is 1. The summed E-state index contributed by atoms with van der Waals surface area (Å²) in [5, 5.41) is 13.9. The highest BCUT2D eigenvalue weighted by atomic mass is 32.2. The quantitative estimate of drug-likeness (QED) is 0.460. The molecule has 94 valence electrons. The Labute approximate surface area is 106 Å². The smallest absolute Gasteiger partial charge is 0.272 e. The van der Waals surface area contributed by atoms with Crippen molar-refractivity contribution in [3.63, 3.8) is 0 Å². The zero-order valence-electron chi connectivity index (χ0n) is 10.2. The molecule has 1 aromatic rings. The predicted molar refractivity (Wildman–Crippen MR) is 73.9 cm³/mol. The fourth-order valence-corrected chi connectivity index (χ4v) is 2.07. The maximum atomic E-state index is 10.6. The van der Waals surface area contributed by atoms with Gasteiger partial charge < -0.3 is 5.32 Å². The minimum absolute atomic E-state index is 0.179. The minimum atomic E-state index is -0.350. The zero-order valence-corrected chi connectivity index (χ0v) is 11.0. The number of hydrogen-bond acceptors (Lipinski definition) is 4. The summed E-state index contributed by atoms with van der Waals surface area (Å²) in [6, 6.07) is 5.14. The van der Waals surface area contributed by atoms with Gasteiger partial charge in [-0.25, -0.2) is 0 Å². The molecular weight excluding hydrogens is 236 g/mol. The molecule has 0 bridgehead atoms. The molecule has 0 radical (unpaired) electrons. The summed E-state index contributed by atoms with van der Waals surface area (Å²) in [4.78, 5) is 10.3. The van der Waals surface area contributed by atoms with E-state index < -0.39 is 0 Å². The maximum absolute atomic E-state index is 10.6. The normalized spacial score (nSPS) is 10.2. The van der Waals surface area contributed by atoms with Gasteiger partial charge >= 0.3 is 0 Å². The second-order valence-corrected chi connectivity index (χ2v) is 4.87. The molecule has 0 heterocycles. The van der Waals surface area contributed by atoms with Crippen molar-refractivity contribution in [2.24, 2.45) is 0 Å². The van der Waals surface area contributed by atoms with Gasteiger partial charge in [0.05, 0.1) is 4.92 Å². The molecule has 4 nitrogen and oxygen atoms in total. The van der Waals surface area contributed by atoms with Crippen LogP contribution in [0.3, 0.4) is 0 Å². The minimum Gasteiger partial charge on any atom is -0.385 e. The third-order valence-electron chi connectivity index (χ3n) is 2.50. The number of rotatable bonds is 7. The van der Waals surface area contributed by atoms with Gasteiger partial charge in [-0.05, 0) is 43.9 Å². The van der Waals surface area contributed by atoms with E-state index in [4.69, 9.17) is 0 Å². The topological polar surface area (TPSA) is 55.2 Å². The van der Waals surface area contributed by atoms with E-state index >= 15 is 0 Å². The maximum Gasteiger partial charge on any atom is 0.272 e. The van der Waals surface area contributed by atoms with Gasteiger partial charge in [-0.2, -0.15) is 11.8 Å². The monoisotopic (exact) mass is 254 g/mol. The van der Waals surface area contributed by atoms with Crippen molar-refractivity contribution in [3.8, 4) is 0 Å². The summed E-state index contributed by atoms with van der Waals surface area (Å²) in [5.74, 6) is 1.18. The van der Waals surface area contributed by atoms with Gasteiger partial charge in [-0.15, -0.1) is 0 Å². The van der Waals surface area contributed by atoms with Gasteiger partial charge in [-0.1, -0.05) is 0 Å². The SMILES string of the molecule is CSCCCCNc1ccc([N+](=O)[O-])c(C)c1. The summed E-state index contributed by atoms with van der Waals surface area (Å²) in [6.45, 7) is 2.68. The number of nitrogens with zero attached hydrogens (tertiary/aromatic N) is 1. The highest BCUT2D eigenvalue weighted by Gasteiger charge is 2.09. The van der Waals surface area contributed by atoms with Crippen molar-refractivity contribution >= 4 is 23.1 Å². The molecule has 0 spiro atoms. The van der Waals surface area contributed by atoms with Crippen LogP contribution in [0.2, 0.25) is 0 Å². The number of aryl methyl sites for hydroxylation is 1. The molecule has 1 N–H and O–H groups in total. The largest absolute Gasteiger partial charge is 0.385 e. The third kappa shape index (κ3) is 4.65. The molecule has 0 amide bonds. The fourth-order valence-electron chi connectivity index (χ4n) is 1.57. The highest BCUT2D eigenvalue weighted by Crippen LogP contribution is 2.21. The molecule has 0 aliphatic rings. The van der Waals surface area contributed by atoms with Crippen molar-refractivity contribution in [1.82, 2.24) is 0 Å². The predicted octanol–water partition coefficient (Wildman–Crippen LogP) is 3.46. The lowest BCUT2D eigenvalue weighted by atomic mass is 10.2. The Morgan fingerprint density at radius 2 is 2.18 bits per heavy atom. The number of thioether (sulfide) groups is 1. The first kappa shape index (κ1) is 13.8. The van der Waals surface area contributed by atoms with E-state index in [0.29, 0.717) is 5.56 Å². The number of nitro benzene ring substituents is 1. The highest BCUT2D eigenvalue weighted by molar-refractivity contribution is 7.98. The van der Waals surface area contributed by atoms with E-state index in [1.165, 1.54) is 12.2 Å². The van der Waals surface area contributed by atoms with Gasteiger partial charge in [0.1, 0.15) is 0 Å². The molecule has 0 fully saturated rings. The lowest BCUT2D eigenvalue weighted by Crippen LogP contribution is -2.02. The Hall–Kier alpha value is -1.23. The molecule has 0 aliphatic carbocycles. The summed E-state index contributed by atoms with van der Waals surface area (Å²) < 4.78 is 0. The summed E-state index contributed by atoms with van der Waals surface area (Å²) in [7, 11) is 0. The lowest BCUT2D eigenvalue weighted by molar-refractivity contribution is -0.385. The number of unbranched alkanes of at least 4 members (excludes halogenated alkanes) is 1. The van der Waals surface area contributed by atoms with Gasteiger partial charge in [0.2, 0.25) is 0 Å². The van der Waals surface area contributed by atoms with Crippen LogP contribution in [0.5, 0.6) is 0 Å². The van der Waals surface area contributed by atoms with Crippen LogP contribution in [0.4, 0.5) is 11.4 Å². The third-order valence-corrected chi connectivity index (χ3v) is 3.19. The van der Waals surface area contributed by atoms with E-state index in [1.807, 2.05) is 17.8 Å². The standard InChI is InChI=1S/C12H18N2O2S/c1-10-9-11(5-6-12(10)14(15)16)13-7-3-4-8-17-2/h5-6,9,13H,3-4,7-8H2,1-2H3. The van der Waals surface area contributed by atoms with Crippen molar-refractivity contribution in [3.05, 3.63) is 33.9 Å². The van der Waals surface area contributed by atoms with Crippen LogP contribution >= 0.6 is 11.8 Å². The molecule has 17 heavy (non-hydrogen) atoms. The average Bonchev–Trinajstić information content (AvgIpc) is 2.28. The number of benzene rings is 1. The van der Waals surface area contributed by atoms with Crippen LogP contribution in [-0.4, -0.2) is 23.5 Å². The van der Waals surface area contributed by atoms with Crippen LogP contribution in [0.25, 0.3) is 0 Å². The molecule has 0 aliphatic heterocycles. The van der Waals surface area contributed by atoms with Crippen LogP contribution in [0, 0.1) is 17.0 Å². The molecule has 0 aromatic heterocycles. The first-order chi connectivity index (χ1) is 8.15. The van der Waals surface area contributed by atoms with Crippen LogP contribution in [0.1, 0.15) is 18.4 Å². The Morgan fingerprint density at radius 1 is 1.41 bits per heavy atom. The van der Waals surface area contributed by atoms with Gasteiger partial charge in [-0.3, -0.25) is 10.1 Å². The van der Waals surface area contributed by atoms with Gasteiger partial charge in [0, 0.05) is 23.9 Å². The summed E-state index contributed by atoms with van der Waals surface area (Å²) >= 11 is 1.85. The Kier molecular flexibility index (Phi) is 5.83. The first-order valence-corrected chi connectivity index (χ1v) is 7.02. The van der Waals surface area contributed by atoms with Crippen LogP contribution in [0.15, 0.2) is 18.2 Å². The summed E-state index contributed by atoms with van der Waals surface area (Å²) in [6.07, 6.45) is 4.42. The molecule has 0 saturated carbocycles. The molecule has 1 rings (SSSR count). The van der Waals surface area contributed by atoms with Crippen molar-refractivity contribution in [2.75, 3.05) is 23.9 Å². The number of nitrogens with one attached hydrogen (secondary N) is 1. The molecule has 0 saturated heterocycles. The Balaban J connectivity index is 2.45. The molecule has 0 atom stereocenters. The van der Waals surface area contributed by atoms with E-state index in [0.717, 1.165) is 18.7 Å². The van der Waals surface area contributed by atoms with Crippen LogP contribution < -0.4 is 5.32 Å². The molecule has 5 heteroatoms. The average molecular weight is 254 g/mol. The second-order valence-electron chi connectivity index (χ2n) is 3.89. The van der Waals surface area contributed by atoms with Crippen LogP contribution in [-0.2, 0) is 0 Å². The van der Waals surface area contributed by atoms with Crippen molar-refractivity contribution < 1.29 is 4.92 Å². The summed E-state index contributed by atoms with van der Waals surface area (Å²) in [5.41, 5.74) is 1.83. The Morgan fingerprint density at radius 3 is 2.76 bits per heavy atom. The van der Waals surface area contributed by atoms with Crippen molar-refractivity contribution in [2.45, 2.75) is 19.8 Å². The lowest BCUT2D eigenvalue weighted by Gasteiger charge is -2.07. The van der Waals surface area contributed by atoms with E-state index in [2.05, 4.69) is 11.6 Å². The number of anilines is 1. The molecular formula is C12H18N2O2S. The zero-order chi connectivity index (χ0) is 12.7. The van der Waals surface area contributed by atoms with Gasteiger partial charge in [0.25, 0.3) is 5.69 Å². The first-order valence-electron chi connectivity index (χ1n) is 5.63. The number of hydrogen-bond donors (Lipinski definition) is 1. The fraction of sp³-hybridized carbons (Fsp3) is 0.500. The second kappa shape index (κ2) is 7.17. The van der Waals surface area contributed by atoms with E-state index in [-0.39, 0.29) is 10.6 Å². The Bertz CT molecular complexity index is 383. The van der Waals surface area contributed by atoms with E-state index in [9.17, 15) is 10.1 Å².